The van der Waals surface area contributed by atoms with Gasteiger partial charge in [0.25, 0.3) is 5.56 Å². The number of H-pyrrole nitrogens is 1. The lowest BCUT2D eigenvalue weighted by Crippen LogP contribution is -2.51. The SMILES string of the molecule is CCCCCCCC/C=C\CCCCCCCC(=O)OC(I)(C(=O)CCCCCCC/C=C\CCCCCCCC)[C@H]1O[C@@H](n2ccc(=O)[nH]c2=O)C[C@@H]1O. The monoisotopic (exact) mass is 882 g/mol. The molecule has 0 amide bonds. The molecule has 0 spiro atoms. The molecule has 1 aromatic heterocycles. The van der Waals surface area contributed by atoms with Crippen molar-refractivity contribution >= 4 is 34.3 Å². The minimum atomic E-state index is -1.74. The molecule has 4 atom stereocenters. The lowest BCUT2D eigenvalue weighted by atomic mass is 9.99. The standard InChI is InChI=1S/C45H75IN2O7/c1-3-5-7-9-11-13-15-17-19-21-23-25-27-29-31-33-39(50)45(46,43-38(49)37-41(54-43)48-36-35-40(51)47-44(48)53)55-42(52)34-32-30-28-26-24-22-20-18-16-14-12-10-8-6-4-2/h17-20,35-36,38,41,43,49H,3-16,21-34,37H2,1-2H3,(H,47,51,53)/b19-17-,20-18-/t38-,41+,43-,45?/m0/s1. The third-order valence-corrected chi connectivity index (χ3v) is 12.0. The van der Waals surface area contributed by atoms with E-state index in [1.165, 1.54) is 100 Å². The Morgan fingerprint density at radius 1 is 0.745 bits per heavy atom. The molecule has 1 aliphatic rings. The molecule has 0 bridgehead atoms. The van der Waals surface area contributed by atoms with Crippen molar-refractivity contribution in [1.29, 1.82) is 0 Å². The number of allylic oxidation sites excluding steroid dienone is 4. The van der Waals surface area contributed by atoms with E-state index in [1.807, 2.05) is 22.6 Å². The number of unbranched alkanes of at least 4 members (excludes halogenated alkanes) is 22. The molecule has 2 heterocycles. The van der Waals surface area contributed by atoms with Crippen LogP contribution in [0.5, 0.6) is 0 Å². The first-order valence-electron chi connectivity index (χ1n) is 22.1. The normalized spacial score (nSPS) is 18.4. The second-order valence-electron chi connectivity index (χ2n) is 15.5. The molecule has 1 aromatic rings. The highest BCUT2D eigenvalue weighted by atomic mass is 127. The molecule has 10 heteroatoms. The molecule has 2 rings (SSSR count). The number of ketones is 1. The van der Waals surface area contributed by atoms with E-state index in [0.717, 1.165) is 70.6 Å². The van der Waals surface area contributed by atoms with Gasteiger partial charge < -0.3 is 14.6 Å². The van der Waals surface area contributed by atoms with Crippen LogP contribution < -0.4 is 11.2 Å². The van der Waals surface area contributed by atoms with Crippen molar-refractivity contribution < 1.29 is 24.2 Å². The molecular weight excluding hydrogens is 807 g/mol. The largest absolute Gasteiger partial charge is 0.437 e. The number of carbonyl (C=O) groups is 2. The van der Waals surface area contributed by atoms with Crippen LogP contribution in [0.15, 0.2) is 46.2 Å². The van der Waals surface area contributed by atoms with Crippen LogP contribution in [0, 0.1) is 0 Å². The van der Waals surface area contributed by atoms with Gasteiger partial charge in [-0.15, -0.1) is 0 Å². The van der Waals surface area contributed by atoms with Crippen LogP contribution in [0.1, 0.15) is 206 Å². The molecule has 1 aliphatic heterocycles. The Kier molecular flexibility index (Phi) is 27.7. The Labute approximate surface area is 346 Å². The zero-order valence-electron chi connectivity index (χ0n) is 34.4. The smallest absolute Gasteiger partial charge is 0.330 e. The number of hydrogen-bond donors (Lipinski definition) is 2. The summed E-state index contributed by atoms with van der Waals surface area (Å²) in [5, 5.41) is 11.1. The molecule has 0 saturated carbocycles. The van der Waals surface area contributed by atoms with Crippen LogP contribution in [-0.4, -0.2) is 42.2 Å². The van der Waals surface area contributed by atoms with Crippen molar-refractivity contribution in [3.8, 4) is 0 Å². The number of hydrogen-bond acceptors (Lipinski definition) is 7. The highest BCUT2D eigenvalue weighted by molar-refractivity contribution is 14.1. The zero-order chi connectivity index (χ0) is 40.0. The van der Waals surface area contributed by atoms with E-state index in [9.17, 15) is 24.3 Å². The predicted molar refractivity (Wildman–Crippen MR) is 233 cm³/mol. The number of Topliss-reactive ketones (excluding diaryl/α,β-unsaturated/α-hetero) is 1. The fourth-order valence-electron chi connectivity index (χ4n) is 7.17. The highest BCUT2D eigenvalue weighted by Gasteiger charge is 2.55. The Morgan fingerprint density at radius 3 is 1.65 bits per heavy atom. The van der Waals surface area contributed by atoms with Crippen molar-refractivity contribution in [2.75, 3.05) is 0 Å². The number of rotatable bonds is 34. The second kappa shape index (κ2) is 31.0. The number of aromatic amines is 1. The third kappa shape index (κ3) is 21.3. The molecule has 1 unspecified atom stereocenters. The number of alkyl halides is 1. The van der Waals surface area contributed by atoms with Gasteiger partial charge in [0, 0.05) is 31.5 Å². The quantitative estimate of drug-likeness (QED) is 0.0232. The van der Waals surface area contributed by atoms with Gasteiger partial charge in [0.2, 0.25) is 3.61 Å². The van der Waals surface area contributed by atoms with Crippen molar-refractivity contribution in [2.24, 2.45) is 0 Å². The zero-order valence-corrected chi connectivity index (χ0v) is 36.6. The minimum Gasteiger partial charge on any atom is -0.437 e. The summed E-state index contributed by atoms with van der Waals surface area (Å²) in [6.07, 6.45) is 37.6. The average molecular weight is 883 g/mol. The summed E-state index contributed by atoms with van der Waals surface area (Å²) in [4.78, 5) is 53.3. The number of aliphatic hydroxyl groups excluding tert-OH is 1. The molecule has 1 saturated heterocycles. The number of aromatic nitrogens is 2. The first-order valence-corrected chi connectivity index (χ1v) is 23.2. The van der Waals surface area contributed by atoms with Gasteiger partial charge in [-0.2, -0.15) is 0 Å². The topological polar surface area (TPSA) is 128 Å². The summed E-state index contributed by atoms with van der Waals surface area (Å²) >= 11 is 1.84. The first-order chi connectivity index (χ1) is 26.7. The van der Waals surface area contributed by atoms with Crippen LogP contribution in [0.4, 0.5) is 0 Å². The van der Waals surface area contributed by atoms with Gasteiger partial charge in [-0.3, -0.25) is 23.9 Å². The molecule has 0 radical (unpaired) electrons. The number of aliphatic hydroxyl groups is 1. The van der Waals surface area contributed by atoms with Gasteiger partial charge in [-0.05, 0) is 86.8 Å². The lowest BCUT2D eigenvalue weighted by Gasteiger charge is -2.33. The summed E-state index contributed by atoms with van der Waals surface area (Å²) in [5.74, 6) is -0.799. The van der Waals surface area contributed by atoms with E-state index in [0.29, 0.717) is 12.8 Å². The Morgan fingerprint density at radius 2 is 1.18 bits per heavy atom. The Balaban J connectivity index is 1.79. The highest BCUT2D eigenvalue weighted by Crippen LogP contribution is 2.41. The third-order valence-electron chi connectivity index (χ3n) is 10.6. The lowest BCUT2D eigenvalue weighted by molar-refractivity contribution is -0.172. The van der Waals surface area contributed by atoms with Crippen LogP contribution in [0.3, 0.4) is 0 Å². The average Bonchev–Trinajstić information content (AvgIpc) is 3.56. The summed E-state index contributed by atoms with van der Waals surface area (Å²) in [5.41, 5.74) is -1.22. The molecule has 55 heavy (non-hydrogen) atoms. The Hall–Kier alpha value is -2.05. The maximum Gasteiger partial charge on any atom is 0.330 e. The van der Waals surface area contributed by atoms with Gasteiger partial charge in [0.15, 0.2) is 5.78 Å². The van der Waals surface area contributed by atoms with E-state index >= 15 is 0 Å². The number of esters is 1. The van der Waals surface area contributed by atoms with E-state index in [-0.39, 0.29) is 25.0 Å². The summed E-state index contributed by atoms with van der Waals surface area (Å²) in [7, 11) is 0. The summed E-state index contributed by atoms with van der Waals surface area (Å²) < 4.78 is 11.5. The van der Waals surface area contributed by atoms with Gasteiger partial charge >= 0.3 is 11.7 Å². The molecule has 2 N–H and O–H groups in total. The first kappa shape index (κ1) is 49.1. The van der Waals surface area contributed by atoms with E-state index in [4.69, 9.17) is 9.47 Å². The molecule has 0 aromatic carbocycles. The molecule has 0 aliphatic carbocycles. The van der Waals surface area contributed by atoms with Crippen molar-refractivity contribution in [2.45, 2.75) is 222 Å². The van der Waals surface area contributed by atoms with Gasteiger partial charge in [0.05, 0.1) is 6.10 Å². The van der Waals surface area contributed by atoms with Gasteiger partial charge in [0.1, 0.15) is 12.3 Å². The summed E-state index contributed by atoms with van der Waals surface area (Å²) in [6.45, 7) is 4.49. The second-order valence-corrected chi connectivity index (χ2v) is 17.1. The van der Waals surface area contributed by atoms with Gasteiger partial charge in [-0.1, -0.05) is 141 Å². The number of halogens is 1. The maximum atomic E-state index is 13.8. The van der Waals surface area contributed by atoms with E-state index < -0.39 is 39.3 Å². The molecule has 314 valence electrons. The van der Waals surface area contributed by atoms with Crippen LogP contribution in [0.25, 0.3) is 0 Å². The molecule has 9 nitrogen and oxygen atoms in total. The van der Waals surface area contributed by atoms with Crippen LogP contribution in [-0.2, 0) is 19.1 Å². The van der Waals surface area contributed by atoms with Crippen LogP contribution >= 0.6 is 22.6 Å². The van der Waals surface area contributed by atoms with Crippen molar-refractivity contribution in [3.63, 3.8) is 0 Å². The fourth-order valence-corrected chi connectivity index (χ4v) is 8.25. The maximum absolute atomic E-state index is 13.8. The fraction of sp³-hybridized carbons (Fsp3) is 0.778. The summed E-state index contributed by atoms with van der Waals surface area (Å²) in [6, 6.07) is 1.20. The number of nitrogens with zero attached hydrogens (tertiary/aromatic N) is 1. The number of nitrogens with one attached hydrogen (secondary N) is 1. The number of ether oxygens (including phenoxy) is 2. The van der Waals surface area contributed by atoms with E-state index in [2.05, 4.69) is 43.1 Å². The molecular formula is C45H75IN2O7. The van der Waals surface area contributed by atoms with Crippen LogP contribution in [0.2, 0.25) is 0 Å². The number of carbonyl (C=O) groups excluding carboxylic acids is 2. The molecule has 1 fully saturated rings. The van der Waals surface area contributed by atoms with E-state index in [1.54, 1.807) is 0 Å². The Bertz CT molecular complexity index is 1340. The van der Waals surface area contributed by atoms with Crippen molar-refractivity contribution in [1.82, 2.24) is 9.55 Å². The minimum absolute atomic E-state index is 0.00778. The van der Waals surface area contributed by atoms with Gasteiger partial charge in [-0.25, -0.2) is 4.79 Å². The van der Waals surface area contributed by atoms with Crippen molar-refractivity contribution in [3.05, 3.63) is 57.4 Å². The predicted octanol–water partition coefficient (Wildman–Crippen LogP) is 11.5.